The fourth-order valence-corrected chi connectivity index (χ4v) is 1.75. The maximum Gasteiger partial charge on any atom is 0.0715 e. The lowest BCUT2D eigenvalue weighted by atomic mass is 10.0. The first-order valence-corrected chi connectivity index (χ1v) is 5.47. The van der Waals surface area contributed by atoms with Crippen LogP contribution in [0.25, 0.3) is 0 Å². The Morgan fingerprint density at radius 1 is 0.875 bits per heavy atom. The molecule has 1 nitrogen and oxygen atoms in total. The molecule has 0 heterocycles. The van der Waals surface area contributed by atoms with Gasteiger partial charge < -0.3 is 0 Å². The van der Waals surface area contributed by atoms with Crippen molar-refractivity contribution >= 4 is 17.3 Å². The molecule has 16 heavy (non-hydrogen) atoms. The van der Waals surface area contributed by atoms with Crippen LogP contribution in [0.1, 0.15) is 11.1 Å². The summed E-state index contributed by atoms with van der Waals surface area (Å²) in [5, 5.41) is 0.743. The normalized spacial score (nSPS) is 11.5. The first kappa shape index (κ1) is 10.9. The highest BCUT2D eigenvalue weighted by Crippen LogP contribution is 2.14. The Labute approximate surface area is 100 Å². The van der Waals surface area contributed by atoms with E-state index in [-0.39, 0.29) is 0 Å². The summed E-state index contributed by atoms with van der Waals surface area (Å²) >= 11 is 5.87. The fraction of sp³-hybridized carbons (Fsp3) is 0.0714. The number of benzene rings is 2. The highest BCUT2D eigenvalue weighted by molar-refractivity contribution is 6.30. The van der Waals surface area contributed by atoms with E-state index >= 15 is 0 Å². The van der Waals surface area contributed by atoms with E-state index in [0.29, 0.717) is 0 Å². The number of hydrogen-bond acceptors (Lipinski definition) is 1. The van der Waals surface area contributed by atoms with Gasteiger partial charge in [-0.25, -0.2) is 0 Å². The summed E-state index contributed by atoms with van der Waals surface area (Å²) in [5.74, 6) is 0. The van der Waals surface area contributed by atoms with Crippen LogP contribution in [0.4, 0.5) is 0 Å². The maximum atomic E-state index is 5.87. The number of nitrogens with zero attached hydrogens (tertiary/aromatic N) is 1. The highest BCUT2D eigenvalue weighted by Gasteiger charge is 2.04. The molecule has 0 aromatic heterocycles. The first-order valence-electron chi connectivity index (χ1n) is 5.09. The SMILES string of the molecule is CN=C(c1ccccc1)c1ccc(Cl)cc1. The van der Waals surface area contributed by atoms with Crippen molar-refractivity contribution in [1.82, 2.24) is 0 Å². The van der Waals surface area contributed by atoms with Crippen molar-refractivity contribution in [2.24, 2.45) is 4.99 Å². The van der Waals surface area contributed by atoms with Crippen molar-refractivity contribution in [2.75, 3.05) is 7.05 Å². The summed E-state index contributed by atoms with van der Waals surface area (Å²) < 4.78 is 0. The van der Waals surface area contributed by atoms with E-state index in [1.54, 1.807) is 7.05 Å². The molecule has 0 aliphatic rings. The van der Waals surface area contributed by atoms with E-state index < -0.39 is 0 Å². The minimum Gasteiger partial charge on any atom is -0.287 e. The lowest BCUT2D eigenvalue weighted by molar-refractivity contribution is 1.41. The second kappa shape index (κ2) is 4.95. The Morgan fingerprint density at radius 2 is 1.44 bits per heavy atom. The van der Waals surface area contributed by atoms with Gasteiger partial charge in [-0.05, 0) is 12.1 Å². The zero-order valence-corrected chi connectivity index (χ0v) is 9.78. The monoisotopic (exact) mass is 229 g/mol. The molecular weight excluding hydrogens is 218 g/mol. The van der Waals surface area contributed by atoms with Gasteiger partial charge in [0, 0.05) is 23.2 Å². The van der Waals surface area contributed by atoms with Gasteiger partial charge in [0.2, 0.25) is 0 Å². The van der Waals surface area contributed by atoms with Crippen LogP contribution in [0.5, 0.6) is 0 Å². The quantitative estimate of drug-likeness (QED) is 0.695. The van der Waals surface area contributed by atoms with E-state index in [1.165, 1.54) is 0 Å². The van der Waals surface area contributed by atoms with Crippen LogP contribution in [0.15, 0.2) is 59.6 Å². The molecule has 0 aliphatic carbocycles. The molecule has 2 aromatic rings. The van der Waals surface area contributed by atoms with Gasteiger partial charge in [-0.2, -0.15) is 0 Å². The van der Waals surface area contributed by atoms with Crippen LogP contribution < -0.4 is 0 Å². The molecule has 0 spiro atoms. The molecule has 80 valence electrons. The van der Waals surface area contributed by atoms with E-state index in [4.69, 9.17) is 11.6 Å². The lowest BCUT2D eigenvalue weighted by Gasteiger charge is -2.06. The summed E-state index contributed by atoms with van der Waals surface area (Å²) in [4.78, 5) is 4.33. The molecule has 0 bridgehead atoms. The zero-order valence-electron chi connectivity index (χ0n) is 9.02. The molecule has 2 heteroatoms. The number of rotatable bonds is 2. The van der Waals surface area contributed by atoms with Crippen molar-refractivity contribution in [3.8, 4) is 0 Å². The van der Waals surface area contributed by atoms with E-state index in [0.717, 1.165) is 21.9 Å². The van der Waals surface area contributed by atoms with E-state index in [2.05, 4.69) is 17.1 Å². The van der Waals surface area contributed by atoms with Gasteiger partial charge in [0.1, 0.15) is 0 Å². The smallest absolute Gasteiger partial charge is 0.0715 e. The maximum absolute atomic E-state index is 5.87. The fourth-order valence-electron chi connectivity index (χ4n) is 1.63. The molecule has 0 aliphatic heterocycles. The van der Waals surface area contributed by atoms with Crippen LogP contribution in [0, 0.1) is 0 Å². The Morgan fingerprint density at radius 3 is 2.00 bits per heavy atom. The molecule has 0 radical (unpaired) electrons. The van der Waals surface area contributed by atoms with Crippen molar-refractivity contribution in [1.29, 1.82) is 0 Å². The third kappa shape index (κ3) is 2.31. The third-order valence-electron chi connectivity index (χ3n) is 2.39. The molecule has 2 rings (SSSR count). The van der Waals surface area contributed by atoms with Gasteiger partial charge in [-0.15, -0.1) is 0 Å². The number of aliphatic imine (C=N–C) groups is 1. The summed E-state index contributed by atoms with van der Waals surface area (Å²) in [6.45, 7) is 0. The molecule has 0 fully saturated rings. The average Bonchev–Trinajstić information content (AvgIpc) is 2.34. The van der Waals surface area contributed by atoms with Crippen molar-refractivity contribution in [3.05, 3.63) is 70.7 Å². The molecule has 2 aromatic carbocycles. The highest BCUT2D eigenvalue weighted by atomic mass is 35.5. The van der Waals surface area contributed by atoms with Gasteiger partial charge in [0.15, 0.2) is 0 Å². The summed E-state index contributed by atoms with van der Waals surface area (Å²) in [7, 11) is 1.80. The Hall–Kier alpha value is -1.60. The molecular formula is C14H12ClN. The number of hydrogen-bond donors (Lipinski definition) is 0. The zero-order chi connectivity index (χ0) is 11.4. The molecule has 0 saturated carbocycles. The summed E-state index contributed by atoms with van der Waals surface area (Å²) in [6, 6.07) is 17.9. The summed E-state index contributed by atoms with van der Waals surface area (Å²) in [5.41, 5.74) is 3.18. The Kier molecular flexibility index (Phi) is 3.37. The third-order valence-corrected chi connectivity index (χ3v) is 2.64. The number of halogens is 1. The Balaban J connectivity index is 2.42. The van der Waals surface area contributed by atoms with Gasteiger partial charge >= 0.3 is 0 Å². The second-order valence-corrected chi connectivity index (χ2v) is 3.88. The van der Waals surface area contributed by atoms with Crippen LogP contribution in [0.2, 0.25) is 5.02 Å². The summed E-state index contributed by atoms with van der Waals surface area (Å²) in [6.07, 6.45) is 0. The average molecular weight is 230 g/mol. The molecule has 0 N–H and O–H groups in total. The standard InChI is InChI=1S/C14H12ClN/c1-16-14(11-5-3-2-4-6-11)12-7-9-13(15)10-8-12/h2-10H,1H3. The van der Waals surface area contributed by atoms with Crippen molar-refractivity contribution in [3.63, 3.8) is 0 Å². The molecule has 0 amide bonds. The minimum atomic E-state index is 0.743. The topological polar surface area (TPSA) is 12.4 Å². The van der Waals surface area contributed by atoms with Gasteiger partial charge in [-0.3, -0.25) is 4.99 Å². The van der Waals surface area contributed by atoms with Crippen molar-refractivity contribution < 1.29 is 0 Å². The lowest BCUT2D eigenvalue weighted by Crippen LogP contribution is -2.02. The first-order chi connectivity index (χ1) is 7.81. The van der Waals surface area contributed by atoms with Gasteiger partial charge in [0.25, 0.3) is 0 Å². The van der Waals surface area contributed by atoms with Crippen LogP contribution in [-0.2, 0) is 0 Å². The van der Waals surface area contributed by atoms with Gasteiger partial charge in [-0.1, -0.05) is 54.1 Å². The predicted octanol–water partition coefficient (Wildman–Crippen LogP) is 3.81. The van der Waals surface area contributed by atoms with Crippen LogP contribution in [0.3, 0.4) is 0 Å². The largest absolute Gasteiger partial charge is 0.287 e. The van der Waals surface area contributed by atoms with E-state index in [1.807, 2.05) is 42.5 Å². The van der Waals surface area contributed by atoms with Crippen LogP contribution in [-0.4, -0.2) is 12.8 Å². The van der Waals surface area contributed by atoms with Gasteiger partial charge in [0.05, 0.1) is 5.71 Å². The Bertz CT molecular complexity index is 486. The molecule has 0 atom stereocenters. The molecule has 0 unspecified atom stereocenters. The second-order valence-electron chi connectivity index (χ2n) is 3.45. The van der Waals surface area contributed by atoms with E-state index in [9.17, 15) is 0 Å². The molecule has 0 saturated heterocycles. The minimum absolute atomic E-state index is 0.743. The predicted molar refractivity (Wildman–Crippen MR) is 69.5 cm³/mol. The van der Waals surface area contributed by atoms with Crippen molar-refractivity contribution in [2.45, 2.75) is 0 Å². The van der Waals surface area contributed by atoms with Crippen LogP contribution >= 0.6 is 11.6 Å².